The first-order valence-electron chi connectivity index (χ1n) is 7.30. The number of hydrogen-bond donors (Lipinski definition) is 0. The van der Waals surface area contributed by atoms with Gasteiger partial charge in [-0.05, 0) is 18.2 Å². The highest BCUT2D eigenvalue weighted by atomic mass is 16.6. The van der Waals surface area contributed by atoms with E-state index < -0.39 is 11.0 Å². The first-order valence-corrected chi connectivity index (χ1v) is 7.30. The molecule has 1 atom stereocenters. The zero-order chi connectivity index (χ0) is 17.1. The van der Waals surface area contributed by atoms with Crippen LogP contribution in [0.1, 0.15) is 17.7 Å². The summed E-state index contributed by atoms with van der Waals surface area (Å²) >= 11 is 0. The van der Waals surface area contributed by atoms with Gasteiger partial charge < -0.3 is 14.2 Å². The van der Waals surface area contributed by atoms with Crippen molar-refractivity contribution in [1.29, 1.82) is 0 Å². The van der Waals surface area contributed by atoms with Crippen LogP contribution in [0.5, 0.6) is 0 Å². The molecule has 1 amide bonds. The molecule has 0 spiro atoms. The molecule has 0 unspecified atom stereocenters. The molecule has 8 heteroatoms. The molecule has 124 valence electrons. The molecule has 24 heavy (non-hydrogen) atoms. The second-order valence-corrected chi connectivity index (χ2v) is 5.38. The van der Waals surface area contributed by atoms with Crippen molar-refractivity contribution in [2.75, 3.05) is 7.05 Å². The topological polar surface area (TPSA) is 98.2 Å². The van der Waals surface area contributed by atoms with Crippen LogP contribution in [0.15, 0.2) is 52.2 Å². The number of rotatable bonds is 5. The largest absolute Gasteiger partial charge is 0.467 e. The molecule has 0 saturated heterocycles. The Morgan fingerprint density at radius 1 is 1.38 bits per heavy atom. The van der Waals surface area contributed by atoms with Crippen LogP contribution in [0.2, 0.25) is 0 Å². The highest BCUT2D eigenvalue weighted by Crippen LogP contribution is 2.25. The fourth-order valence-electron chi connectivity index (χ4n) is 2.51. The SMILES string of the molecule is CN(Cc1ccco1)C(=O)[C@H]1CC(c2ccccc2[N+](=O)[O-])=NO1. The summed E-state index contributed by atoms with van der Waals surface area (Å²) in [4.78, 5) is 29.7. The number of nitro benzene ring substituents is 1. The summed E-state index contributed by atoms with van der Waals surface area (Å²) in [5, 5.41) is 15.0. The molecule has 0 saturated carbocycles. The third-order valence-corrected chi connectivity index (χ3v) is 3.71. The van der Waals surface area contributed by atoms with E-state index in [1.807, 2.05) is 0 Å². The maximum atomic E-state index is 12.4. The molecule has 1 aromatic heterocycles. The van der Waals surface area contributed by atoms with E-state index in [-0.39, 0.29) is 18.0 Å². The Bertz CT molecular complexity index is 785. The Morgan fingerprint density at radius 2 is 2.17 bits per heavy atom. The Balaban J connectivity index is 1.68. The lowest BCUT2D eigenvalue weighted by molar-refractivity contribution is -0.385. The lowest BCUT2D eigenvalue weighted by Gasteiger charge is -2.18. The monoisotopic (exact) mass is 329 g/mol. The van der Waals surface area contributed by atoms with Crippen molar-refractivity contribution in [3.8, 4) is 0 Å². The number of oxime groups is 1. The minimum atomic E-state index is -0.792. The van der Waals surface area contributed by atoms with E-state index in [9.17, 15) is 14.9 Å². The van der Waals surface area contributed by atoms with Crippen LogP contribution < -0.4 is 0 Å². The molecule has 1 aliphatic rings. The third kappa shape index (κ3) is 3.12. The summed E-state index contributed by atoms with van der Waals surface area (Å²) < 4.78 is 5.21. The number of nitro groups is 1. The number of carbonyl (C=O) groups excluding carboxylic acids is 1. The van der Waals surface area contributed by atoms with Gasteiger partial charge in [-0.15, -0.1) is 0 Å². The van der Waals surface area contributed by atoms with Gasteiger partial charge >= 0.3 is 0 Å². The number of nitrogens with zero attached hydrogens (tertiary/aromatic N) is 3. The number of amides is 1. The summed E-state index contributed by atoms with van der Waals surface area (Å²) in [6.07, 6.45) is 0.932. The van der Waals surface area contributed by atoms with Crippen LogP contribution in [0.4, 0.5) is 5.69 Å². The number of benzene rings is 1. The van der Waals surface area contributed by atoms with Gasteiger partial charge in [0.05, 0.1) is 29.0 Å². The lowest BCUT2D eigenvalue weighted by Crippen LogP contribution is -2.36. The standard InChI is InChI=1S/C16H15N3O5/c1-18(10-11-5-4-8-23-11)16(20)15-9-13(17-24-15)12-6-2-3-7-14(12)19(21)22/h2-8,15H,9-10H2,1H3/t15-/m1/s1. The molecule has 2 aromatic rings. The van der Waals surface area contributed by atoms with Crippen LogP contribution in [-0.2, 0) is 16.2 Å². The van der Waals surface area contributed by atoms with Gasteiger partial charge in [-0.1, -0.05) is 17.3 Å². The van der Waals surface area contributed by atoms with Gasteiger partial charge in [0.2, 0.25) is 6.10 Å². The van der Waals surface area contributed by atoms with E-state index in [0.29, 0.717) is 23.6 Å². The highest BCUT2D eigenvalue weighted by Gasteiger charge is 2.33. The maximum absolute atomic E-state index is 12.4. The van der Waals surface area contributed by atoms with Gasteiger partial charge in [0.15, 0.2) is 0 Å². The van der Waals surface area contributed by atoms with Crippen LogP contribution in [0.25, 0.3) is 0 Å². The first-order chi connectivity index (χ1) is 11.6. The molecule has 2 heterocycles. The van der Waals surface area contributed by atoms with Crippen LogP contribution >= 0.6 is 0 Å². The van der Waals surface area contributed by atoms with Crippen molar-refractivity contribution < 1.29 is 19.0 Å². The summed E-state index contributed by atoms with van der Waals surface area (Å²) in [6.45, 7) is 0.312. The fourth-order valence-corrected chi connectivity index (χ4v) is 2.51. The second kappa shape index (κ2) is 6.53. The van der Waals surface area contributed by atoms with Crippen molar-refractivity contribution in [3.05, 3.63) is 64.1 Å². The number of likely N-dealkylation sites (N-methyl/N-ethyl adjacent to an activating group) is 1. The average molecular weight is 329 g/mol. The highest BCUT2D eigenvalue weighted by molar-refractivity contribution is 6.06. The Hall–Kier alpha value is -3.16. The second-order valence-electron chi connectivity index (χ2n) is 5.38. The zero-order valence-corrected chi connectivity index (χ0v) is 12.9. The normalized spacial score (nSPS) is 16.4. The number of para-hydroxylation sites is 1. The fraction of sp³-hybridized carbons (Fsp3) is 0.250. The van der Waals surface area contributed by atoms with E-state index in [2.05, 4.69) is 5.16 Å². The molecule has 0 bridgehead atoms. The van der Waals surface area contributed by atoms with E-state index in [4.69, 9.17) is 9.25 Å². The van der Waals surface area contributed by atoms with Crippen molar-refractivity contribution >= 4 is 17.3 Å². The van der Waals surface area contributed by atoms with Gasteiger partial charge in [0.1, 0.15) is 5.76 Å². The van der Waals surface area contributed by atoms with Crippen LogP contribution in [-0.4, -0.2) is 34.6 Å². The number of hydrogen-bond acceptors (Lipinski definition) is 6. The van der Waals surface area contributed by atoms with Crippen LogP contribution in [0, 0.1) is 10.1 Å². The third-order valence-electron chi connectivity index (χ3n) is 3.71. The van der Waals surface area contributed by atoms with Crippen molar-refractivity contribution in [2.24, 2.45) is 5.16 Å². The summed E-state index contributed by atoms with van der Waals surface area (Å²) in [6, 6.07) is 9.78. The number of carbonyl (C=O) groups is 1. The summed E-state index contributed by atoms with van der Waals surface area (Å²) in [5.74, 6) is 0.396. The smallest absolute Gasteiger partial charge is 0.278 e. The first kappa shape index (κ1) is 15.7. The Labute approximate surface area is 137 Å². The maximum Gasteiger partial charge on any atom is 0.278 e. The lowest BCUT2D eigenvalue weighted by atomic mass is 10.0. The molecule has 0 N–H and O–H groups in total. The Kier molecular flexibility index (Phi) is 4.28. The molecule has 0 radical (unpaired) electrons. The molecular weight excluding hydrogens is 314 g/mol. The van der Waals surface area contributed by atoms with E-state index in [0.717, 1.165) is 0 Å². The van der Waals surface area contributed by atoms with E-state index in [1.54, 1.807) is 37.4 Å². The molecular formula is C16H15N3O5. The predicted octanol–water partition coefficient (Wildman–Crippen LogP) is 2.34. The Morgan fingerprint density at radius 3 is 2.88 bits per heavy atom. The van der Waals surface area contributed by atoms with Gasteiger partial charge in [-0.2, -0.15) is 0 Å². The van der Waals surface area contributed by atoms with Crippen molar-refractivity contribution in [3.63, 3.8) is 0 Å². The quantitative estimate of drug-likeness (QED) is 0.619. The molecule has 8 nitrogen and oxygen atoms in total. The summed E-state index contributed by atoms with van der Waals surface area (Å²) in [7, 11) is 1.64. The predicted molar refractivity (Wildman–Crippen MR) is 84.3 cm³/mol. The minimum absolute atomic E-state index is 0.0584. The van der Waals surface area contributed by atoms with Gasteiger partial charge in [-0.3, -0.25) is 14.9 Å². The number of furan rings is 1. The average Bonchev–Trinajstić information content (AvgIpc) is 3.25. The van der Waals surface area contributed by atoms with Crippen molar-refractivity contribution in [2.45, 2.75) is 19.1 Å². The van der Waals surface area contributed by atoms with Gasteiger partial charge in [0, 0.05) is 19.5 Å². The minimum Gasteiger partial charge on any atom is -0.467 e. The van der Waals surface area contributed by atoms with Gasteiger partial charge in [0.25, 0.3) is 11.6 Å². The zero-order valence-electron chi connectivity index (χ0n) is 12.9. The molecule has 0 aliphatic carbocycles. The van der Waals surface area contributed by atoms with Gasteiger partial charge in [-0.25, -0.2) is 0 Å². The molecule has 1 aliphatic heterocycles. The molecule has 0 fully saturated rings. The molecule has 3 rings (SSSR count). The van der Waals surface area contributed by atoms with E-state index >= 15 is 0 Å². The van der Waals surface area contributed by atoms with Crippen molar-refractivity contribution in [1.82, 2.24) is 4.90 Å². The van der Waals surface area contributed by atoms with Crippen LogP contribution in [0.3, 0.4) is 0 Å². The molecule has 1 aromatic carbocycles. The van der Waals surface area contributed by atoms with E-state index in [1.165, 1.54) is 17.2 Å². The summed E-state index contributed by atoms with van der Waals surface area (Å²) in [5.41, 5.74) is 0.704.